The Morgan fingerprint density at radius 3 is 2.56 bits per heavy atom. The molecule has 0 aliphatic heterocycles. The van der Waals surface area contributed by atoms with Gasteiger partial charge in [-0.3, -0.25) is 4.99 Å². The number of aryl methyl sites for hydroxylation is 1. The van der Waals surface area contributed by atoms with Crippen LogP contribution in [0, 0.1) is 5.92 Å². The zero-order valence-electron chi connectivity index (χ0n) is 12.0. The quantitative estimate of drug-likeness (QED) is 0.600. The maximum absolute atomic E-state index is 4.24. The minimum Gasteiger partial charge on any atom is -0.357 e. The molecular formula is C14H26N4. The summed E-state index contributed by atoms with van der Waals surface area (Å²) in [6.45, 7) is 6.26. The molecule has 2 N–H and O–H groups in total. The van der Waals surface area contributed by atoms with E-state index in [4.69, 9.17) is 0 Å². The highest BCUT2D eigenvalue weighted by Crippen LogP contribution is 2.05. The van der Waals surface area contributed by atoms with Gasteiger partial charge in [0.15, 0.2) is 5.96 Å². The van der Waals surface area contributed by atoms with Crippen LogP contribution in [0.1, 0.15) is 32.3 Å². The van der Waals surface area contributed by atoms with E-state index >= 15 is 0 Å². The number of aromatic nitrogens is 1. The largest absolute Gasteiger partial charge is 0.357 e. The summed E-state index contributed by atoms with van der Waals surface area (Å²) in [6.07, 6.45) is 6.58. The molecular weight excluding hydrogens is 224 g/mol. The van der Waals surface area contributed by atoms with Crippen molar-refractivity contribution >= 4 is 5.96 Å². The van der Waals surface area contributed by atoms with E-state index in [1.165, 1.54) is 18.4 Å². The molecule has 0 aromatic carbocycles. The van der Waals surface area contributed by atoms with Crippen molar-refractivity contribution in [1.29, 1.82) is 0 Å². The van der Waals surface area contributed by atoms with Gasteiger partial charge in [-0.15, -0.1) is 0 Å². The molecule has 0 atom stereocenters. The predicted molar refractivity (Wildman–Crippen MR) is 77.7 cm³/mol. The number of nitrogens with one attached hydrogen (secondary N) is 2. The minimum atomic E-state index is 0.722. The van der Waals surface area contributed by atoms with Crippen molar-refractivity contribution in [2.24, 2.45) is 18.0 Å². The molecule has 0 spiro atoms. The third-order valence-electron chi connectivity index (χ3n) is 3.29. The lowest BCUT2D eigenvalue weighted by Crippen LogP contribution is -2.39. The van der Waals surface area contributed by atoms with Crippen LogP contribution < -0.4 is 10.6 Å². The van der Waals surface area contributed by atoms with E-state index in [0.717, 1.165) is 25.0 Å². The SMILES string of the molecule is CCC(CC)CNC(=NC)NCc1ccn(C)c1. The van der Waals surface area contributed by atoms with Crippen molar-refractivity contribution in [2.75, 3.05) is 13.6 Å². The van der Waals surface area contributed by atoms with E-state index in [-0.39, 0.29) is 0 Å². The summed E-state index contributed by atoms with van der Waals surface area (Å²) >= 11 is 0. The number of nitrogens with zero attached hydrogens (tertiary/aromatic N) is 2. The molecule has 0 bridgehead atoms. The van der Waals surface area contributed by atoms with Gasteiger partial charge in [-0.25, -0.2) is 0 Å². The van der Waals surface area contributed by atoms with E-state index in [1.807, 2.05) is 14.1 Å². The molecule has 102 valence electrons. The van der Waals surface area contributed by atoms with Crippen LogP contribution in [0.4, 0.5) is 0 Å². The van der Waals surface area contributed by atoms with Gasteiger partial charge in [0.25, 0.3) is 0 Å². The molecule has 4 nitrogen and oxygen atoms in total. The van der Waals surface area contributed by atoms with Crippen LogP contribution >= 0.6 is 0 Å². The first-order valence-electron chi connectivity index (χ1n) is 6.74. The van der Waals surface area contributed by atoms with Gasteiger partial charge in [0.2, 0.25) is 0 Å². The zero-order chi connectivity index (χ0) is 13.4. The molecule has 0 amide bonds. The molecule has 18 heavy (non-hydrogen) atoms. The zero-order valence-corrected chi connectivity index (χ0v) is 12.0. The molecule has 0 saturated carbocycles. The van der Waals surface area contributed by atoms with Crippen molar-refractivity contribution in [3.05, 3.63) is 24.0 Å². The lowest BCUT2D eigenvalue weighted by Gasteiger charge is -2.16. The molecule has 1 aromatic heterocycles. The van der Waals surface area contributed by atoms with Crippen LogP contribution in [-0.2, 0) is 13.6 Å². The topological polar surface area (TPSA) is 41.4 Å². The highest BCUT2D eigenvalue weighted by molar-refractivity contribution is 5.79. The first-order chi connectivity index (χ1) is 8.69. The second-order valence-electron chi connectivity index (χ2n) is 4.67. The Kier molecular flexibility index (Phi) is 6.33. The van der Waals surface area contributed by atoms with Gasteiger partial charge < -0.3 is 15.2 Å². The fourth-order valence-corrected chi connectivity index (χ4v) is 1.89. The highest BCUT2D eigenvalue weighted by Gasteiger charge is 2.04. The molecule has 0 radical (unpaired) electrons. The fourth-order valence-electron chi connectivity index (χ4n) is 1.89. The summed E-state index contributed by atoms with van der Waals surface area (Å²) < 4.78 is 2.05. The summed E-state index contributed by atoms with van der Waals surface area (Å²) in [6, 6.07) is 2.11. The van der Waals surface area contributed by atoms with Crippen molar-refractivity contribution in [2.45, 2.75) is 33.2 Å². The molecule has 0 aliphatic rings. The van der Waals surface area contributed by atoms with Crippen LogP contribution in [0.2, 0.25) is 0 Å². The van der Waals surface area contributed by atoms with Crippen molar-refractivity contribution in [1.82, 2.24) is 15.2 Å². The van der Waals surface area contributed by atoms with Crippen LogP contribution in [0.5, 0.6) is 0 Å². The van der Waals surface area contributed by atoms with Crippen LogP contribution in [-0.4, -0.2) is 24.1 Å². The Bertz CT molecular complexity index is 364. The Balaban J connectivity index is 2.34. The maximum atomic E-state index is 4.24. The van der Waals surface area contributed by atoms with Gasteiger partial charge in [0, 0.05) is 39.6 Å². The molecule has 1 rings (SSSR count). The van der Waals surface area contributed by atoms with Crippen LogP contribution in [0.15, 0.2) is 23.5 Å². The van der Waals surface area contributed by atoms with Gasteiger partial charge in [0.05, 0.1) is 0 Å². The van der Waals surface area contributed by atoms with Crippen molar-refractivity contribution in [3.8, 4) is 0 Å². The fraction of sp³-hybridized carbons (Fsp3) is 0.643. The molecule has 1 heterocycles. The number of guanidine groups is 1. The molecule has 4 heteroatoms. The number of aliphatic imine (C=N–C) groups is 1. The Morgan fingerprint density at radius 2 is 2.06 bits per heavy atom. The smallest absolute Gasteiger partial charge is 0.191 e. The highest BCUT2D eigenvalue weighted by atomic mass is 15.2. The van der Waals surface area contributed by atoms with Crippen molar-refractivity contribution < 1.29 is 0 Å². The second-order valence-corrected chi connectivity index (χ2v) is 4.67. The Morgan fingerprint density at radius 1 is 1.33 bits per heavy atom. The van der Waals surface area contributed by atoms with Gasteiger partial charge in [-0.1, -0.05) is 26.7 Å². The van der Waals surface area contributed by atoms with Gasteiger partial charge >= 0.3 is 0 Å². The van der Waals surface area contributed by atoms with E-state index < -0.39 is 0 Å². The average Bonchev–Trinajstić information content (AvgIpc) is 2.80. The van der Waals surface area contributed by atoms with Crippen LogP contribution in [0.25, 0.3) is 0 Å². The predicted octanol–water partition coefficient (Wildman–Crippen LogP) is 2.13. The average molecular weight is 250 g/mol. The Labute approximate surface area is 110 Å². The van der Waals surface area contributed by atoms with Gasteiger partial charge in [-0.2, -0.15) is 0 Å². The number of hydrogen-bond donors (Lipinski definition) is 2. The standard InChI is InChI=1S/C14H26N4/c1-5-12(6-2)9-16-14(15-3)17-10-13-7-8-18(4)11-13/h7-8,11-12H,5-6,9-10H2,1-4H3,(H2,15,16,17). The summed E-state index contributed by atoms with van der Waals surface area (Å²) in [5, 5.41) is 6.71. The van der Waals surface area contributed by atoms with Gasteiger partial charge in [0.1, 0.15) is 0 Å². The normalized spacial score (nSPS) is 11.9. The van der Waals surface area contributed by atoms with Gasteiger partial charge in [-0.05, 0) is 17.5 Å². The van der Waals surface area contributed by atoms with Crippen LogP contribution in [0.3, 0.4) is 0 Å². The summed E-state index contributed by atoms with van der Waals surface area (Å²) in [5.74, 6) is 1.60. The molecule has 0 aliphatic carbocycles. The summed E-state index contributed by atoms with van der Waals surface area (Å²) in [5.41, 5.74) is 1.27. The first kappa shape index (κ1) is 14.6. The summed E-state index contributed by atoms with van der Waals surface area (Å²) in [7, 11) is 3.84. The number of hydrogen-bond acceptors (Lipinski definition) is 1. The van der Waals surface area contributed by atoms with E-state index in [1.54, 1.807) is 0 Å². The van der Waals surface area contributed by atoms with E-state index in [9.17, 15) is 0 Å². The van der Waals surface area contributed by atoms with E-state index in [0.29, 0.717) is 0 Å². The number of rotatable bonds is 6. The third-order valence-corrected chi connectivity index (χ3v) is 3.29. The second kappa shape index (κ2) is 7.80. The molecule has 1 aromatic rings. The lowest BCUT2D eigenvalue weighted by atomic mass is 10.0. The third kappa shape index (κ3) is 4.82. The summed E-state index contributed by atoms with van der Waals surface area (Å²) in [4.78, 5) is 4.24. The minimum absolute atomic E-state index is 0.722. The van der Waals surface area contributed by atoms with Crippen molar-refractivity contribution in [3.63, 3.8) is 0 Å². The first-order valence-corrected chi connectivity index (χ1v) is 6.74. The molecule has 0 saturated heterocycles. The maximum Gasteiger partial charge on any atom is 0.191 e. The Hall–Kier alpha value is -1.45. The lowest BCUT2D eigenvalue weighted by molar-refractivity contribution is 0.481. The molecule has 0 fully saturated rings. The monoisotopic (exact) mass is 250 g/mol. The molecule has 0 unspecified atom stereocenters. The van der Waals surface area contributed by atoms with E-state index in [2.05, 4.69) is 52.5 Å².